The molecule has 34 heavy (non-hydrogen) atoms. The summed E-state index contributed by atoms with van der Waals surface area (Å²) < 4.78 is 2.04. The maximum absolute atomic E-state index is 13.6. The van der Waals surface area contributed by atoms with Gasteiger partial charge < -0.3 is 4.90 Å². The van der Waals surface area contributed by atoms with E-state index in [1.54, 1.807) is 23.7 Å². The third-order valence-corrected chi connectivity index (χ3v) is 7.65. The van der Waals surface area contributed by atoms with E-state index < -0.39 is 0 Å². The number of piperazine rings is 1. The van der Waals surface area contributed by atoms with Crippen LogP contribution in [0.5, 0.6) is 0 Å². The third kappa shape index (κ3) is 4.38. The van der Waals surface area contributed by atoms with Crippen molar-refractivity contribution in [1.29, 1.82) is 0 Å². The van der Waals surface area contributed by atoms with Crippen LogP contribution in [0.1, 0.15) is 16.7 Å². The fraction of sp³-hybridized carbons (Fsp3) is 0.280. The summed E-state index contributed by atoms with van der Waals surface area (Å²) in [5.74, 6) is 0.428. The standard InChI is InChI=1S/C25H25N5O2S2/c1-17-8-9-21-26-22(29-12-10-28(11-13-29)16-18-6-4-3-5-7-18)19(23(31)30(21)15-17)14-20-24(32)27(2)25(33)34-20/h3-9,14-15H,10-13,16H2,1-2H3/b20-14-. The van der Waals surface area contributed by atoms with Crippen molar-refractivity contribution < 1.29 is 4.79 Å². The highest BCUT2D eigenvalue weighted by molar-refractivity contribution is 8.26. The van der Waals surface area contributed by atoms with Gasteiger partial charge in [-0.05, 0) is 30.2 Å². The number of carbonyl (C=O) groups excluding carboxylic acids is 1. The number of anilines is 1. The number of carbonyl (C=O) groups is 1. The van der Waals surface area contributed by atoms with Gasteiger partial charge in [-0.3, -0.25) is 23.8 Å². The van der Waals surface area contributed by atoms with Gasteiger partial charge in [0.25, 0.3) is 11.5 Å². The summed E-state index contributed by atoms with van der Waals surface area (Å²) in [5, 5.41) is 0. The quantitative estimate of drug-likeness (QED) is 0.410. The number of amides is 1. The van der Waals surface area contributed by atoms with E-state index in [1.807, 2.05) is 25.1 Å². The molecule has 4 heterocycles. The Morgan fingerprint density at radius 2 is 1.79 bits per heavy atom. The average Bonchev–Trinajstić information content (AvgIpc) is 3.09. The van der Waals surface area contributed by atoms with Gasteiger partial charge in [-0.25, -0.2) is 4.98 Å². The molecule has 0 N–H and O–H groups in total. The monoisotopic (exact) mass is 491 g/mol. The molecule has 2 saturated heterocycles. The lowest BCUT2D eigenvalue weighted by atomic mass is 10.2. The molecule has 2 fully saturated rings. The van der Waals surface area contributed by atoms with Crippen LogP contribution in [0.15, 0.2) is 58.4 Å². The molecule has 174 valence electrons. The molecule has 9 heteroatoms. The van der Waals surface area contributed by atoms with Gasteiger partial charge in [-0.2, -0.15) is 0 Å². The van der Waals surface area contributed by atoms with Crippen LogP contribution < -0.4 is 10.5 Å². The number of aromatic nitrogens is 2. The number of benzene rings is 1. The largest absolute Gasteiger partial charge is 0.353 e. The van der Waals surface area contributed by atoms with Gasteiger partial charge in [0, 0.05) is 46.0 Å². The zero-order chi connectivity index (χ0) is 23.8. The van der Waals surface area contributed by atoms with Crippen LogP contribution in [-0.2, 0) is 11.3 Å². The van der Waals surface area contributed by atoms with Crippen molar-refractivity contribution in [1.82, 2.24) is 19.2 Å². The normalized spacial score (nSPS) is 18.5. The van der Waals surface area contributed by atoms with Crippen LogP contribution in [0, 0.1) is 6.92 Å². The van der Waals surface area contributed by atoms with E-state index in [1.165, 1.54) is 22.2 Å². The van der Waals surface area contributed by atoms with Crippen molar-refractivity contribution in [2.75, 3.05) is 38.1 Å². The zero-order valence-electron chi connectivity index (χ0n) is 19.1. The molecule has 2 aliphatic rings. The first kappa shape index (κ1) is 22.8. The van der Waals surface area contributed by atoms with Gasteiger partial charge in [-0.1, -0.05) is 60.4 Å². The SMILES string of the molecule is Cc1ccc2nc(N3CCN(Cc4ccccc4)CC3)c(/C=C3\SC(=S)N(C)C3=O)c(=O)n2c1. The second kappa shape index (κ2) is 9.32. The first-order valence-corrected chi connectivity index (χ1v) is 12.4. The lowest BCUT2D eigenvalue weighted by Gasteiger charge is -2.36. The molecular formula is C25H25N5O2S2. The summed E-state index contributed by atoms with van der Waals surface area (Å²) in [5.41, 5.74) is 3.09. The lowest BCUT2D eigenvalue weighted by Crippen LogP contribution is -2.47. The molecule has 7 nitrogen and oxygen atoms in total. The fourth-order valence-electron chi connectivity index (χ4n) is 4.25. The molecule has 0 saturated carbocycles. The first-order valence-electron chi connectivity index (χ1n) is 11.2. The predicted molar refractivity (Wildman–Crippen MR) is 141 cm³/mol. The minimum Gasteiger partial charge on any atom is -0.353 e. The molecule has 0 unspecified atom stereocenters. The summed E-state index contributed by atoms with van der Waals surface area (Å²) >= 11 is 6.49. The van der Waals surface area contributed by atoms with Crippen LogP contribution in [0.25, 0.3) is 11.7 Å². The Hall–Kier alpha value is -3.01. The minimum absolute atomic E-state index is 0.184. The third-order valence-electron chi connectivity index (χ3n) is 6.17. The molecule has 3 aromatic rings. The smallest absolute Gasteiger partial charge is 0.267 e. The molecule has 1 aromatic carbocycles. The van der Waals surface area contributed by atoms with E-state index in [0.717, 1.165) is 38.3 Å². The number of thioether (sulfide) groups is 1. The minimum atomic E-state index is -0.192. The Morgan fingerprint density at radius 1 is 1.06 bits per heavy atom. The Bertz CT molecular complexity index is 1360. The number of fused-ring (bicyclic) bond motifs is 1. The van der Waals surface area contributed by atoms with Crippen molar-refractivity contribution in [3.05, 3.63) is 80.6 Å². The van der Waals surface area contributed by atoms with Crippen molar-refractivity contribution in [3.63, 3.8) is 0 Å². The van der Waals surface area contributed by atoms with Crippen LogP contribution in [0.2, 0.25) is 0 Å². The second-order valence-electron chi connectivity index (χ2n) is 8.58. The Morgan fingerprint density at radius 3 is 2.47 bits per heavy atom. The van der Waals surface area contributed by atoms with Crippen LogP contribution in [-0.4, -0.2) is 62.6 Å². The van der Waals surface area contributed by atoms with E-state index in [-0.39, 0.29) is 11.5 Å². The number of likely N-dealkylation sites (N-methyl/N-ethyl adjacent to an activating group) is 1. The van der Waals surface area contributed by atoms with Gasteiger partial charge in [0.1, 0.15) is 15.8 Å². The average molecular weight is 492 g/mol. The highest BCUT2D eigenvalue weighted by atomic mass is 32.2. The molecular weight excluding hydrogens is 466 g/mol. The summed E-state index contributed by atoms with van der Waals surface area (Å²) in [6, 6.07) is 14.2. The topological polar surface area (TPSA) is 61.2 Å². The molecule has 1 amide bonds. The van der Waals surface area contributed by atoms with Gasteiger partial charge >= 0.3 is 0 Å². The van der Waals surface area contributed by atoms with Crippen LogP contribution >= 0.6 is 24.0 Å². The Kier molecular flexibility index (Phi) is 6.24. The number of hydrogen-bond donors (Lipinski definition) is 0. The number of aryl methyl sites for hydroxylation is 1. The maximum atomic E-state index is 13.6. The maximum Gasteiger partial charge on any atom is 0.267 e. The number of hydrogen-bond acceptors (Lipinski definition) is 7. The van der Waals surface area contributed by atoms with E-state index >= 15 is 0 Å². The Labute approximate surface area is 207 Å². The number of nitrogens with zero attached hydrogens (tertiary/aromatic N) is 5. The molecule has 2 aliphatic heterocycles. The molecule has 0 aliphatic carbocycles. The fourth-order valence-corrected chi connectivity index (χ4v) is 5.41. The van der Waals surface area contributed by atoms with Crippen molar-refractivity contribution in [3.8, 4) is 0 Å². The van der Waals surface area contributed by atoms with E-state index in [4.69, 9.17) is 17.2 Å². The lowest BCUT2D eigenvalue weighted by molar-refractivity contribution is -0.121. The van der Waals surface area contributed by atoms with Gasteiger partial charge in [0.05, 0.1) is 10.5 Å². The van der Waals surface area contributed by atoms with Crippen LogP contribution in [0.4, 0.5) is 5.82 Å². The van der Waals surface area contributed by atoms with Gasteiger partial charge in [0.15, 0.2) is 0 Å². The number of pyridine rings is 1. The number of thiocarbonyl (C=S) groups is 1. The zero-order valence-corrected chi connectivity index (χ0v) is 20.7. The Balaban J connectivity index is 1.50. The molecule has 0 radical (unpaired) electrons. The molecule has 0 spiro atoms. The molecule has 0 atom stereocenters. The predicted octanol–water partition coefficient (Wildman–Crippen LogP) is 3.16. The van der Waals surface area contributed by atoms with Crippen molar-refractivity contribution >= 4 is 51.7 Å². The van der Waals surface area contributed by atoms with Crippen molar-refractivity contribution in [2.24, 2.45) is 0 Å². The number of rotatable bonds is 4. The summed E-state index contributed by atoms with van der Waals surface area (Å²) in [6.45, 7) is 6.05. The first-order chi connectivity index (χ1) is 16.4. The van der Waals surface area contributed by atoms with Crippen molar-refractivity contribution in [2.45, 2.75) is 13.5 Å². The summed E-state index contributed by atoms with van der Waals surface area (Å²) in [4.78, 5) is 37.6. The second-order valence-corrected chi connectivity index (χ2v) is 10.3. The van der Waals surface area contributed by atoms with Gasteiger partial charge in [0.2, 0.25) is 0 Å². The molecule has 2 aromatic heterocycles. The van der Waals surface area contributed by atoms with E-state index in [2.05, 4.69) is 34.1 Å². The molecule has 0 bridgehead atoms. The highest BCUT2D eigenvalue weighted by Gasteiger charge is 2.30. The van der Waals surface area contributed by atoms with E-state index in [9.17, 15) is 9.59 Å². The molecule has 5 rings (SSSR count). The highest BCUT2D eigenvalue weighted by Crippen LogP contribution is 2.32. The van der Waals surface area contributed by atoms with E-state index in [0.29, 0.717) is 26.3 Å². The summed E-state index contributed by atoms with van der Waals surface area (Å²) in [6.07, 6.45) is 3.45. The van der Waals surface area contributed by atoms with Crippen LogP contribution in [0.3, 0.4) is 0 Å². The summed E-state index contributed by atoms with van der Waals surface area (Å²) in [7, 11) is 1.65. The van der Waals surface area contributed by atoms with Gasteiger partial charge in [-0.15, -0.1) is 0 Å².